The smallest absolute Gasteiger partial charge is 0.222 e. The average molecular weight is 274 g/mol. The van der Waals surface area contributed by atoms with E-state index in [-0.39, 0.29) is 30.1 Å². The molecule has 1 amide bonds. The van der Waals surface area contributed by atoms with Crippen LogP contribution in [0, 0.1) is 17.2 Å². The predicted octanol–water partition coefficient (Wildman–Crippen LogP) is 0.762. The number of allylic oxidation sites excluding steroid dienone is 2. The van der Waals surface area contributed by atoms with E-state index in [4.69, 9.17) is 10.00 Å². The van der Waals surface area contributed by atoms with Crippen LogP contribution in [-0.2, 0) is 9.53 Å². The zero-order valence-corrected chi connectivity index (χ0v) is 11.4. The second-order valence-electron chi connectivity index (χ2n) is 5.65. The van der Waals surface area contributed by atoms with Gasteiger partial charge >= 0.3 is 0 Å². The van der Waals surface area contributed by atoms with Crippen molar-refractivity contribution >= 4 is 5.91 Å². The predicted molar refractivity (Wildman–Crippen MR) is 71.4 cm³/mol. The number of hydrogen-bond donors (Lipinski definition) is 1. The van der Waals surface area contributed by atoms with Crippen molar-refractivity contribution in [1.29, 1.82) is 5.26 Å². The number of aliphatic hydroxyl groups excluding tert-OH is 1. The second-order valence-corrected chi connectivity index (χ2v) is 5.65. The molecule has 5 unspecified atom stereocenters. The molecule has 0 radical (unpaired) electrons. The first-order valence-electron chi connectivity index (χ1n) is 7.05. The number of rotatable bonds is 1. The maximum absolute atomic E-state index is 12.0. The van der Waals surface area contributed by atoms with E-state index in [0.29, 0.717) is 18.5 Å². The van der Waals surface area contributed by atoms with Crippen molar-refractivity contribution in [3.63, 3.8) is 0 Å². The zero-order chi connectivity index (χ0) is 14.3. The minimum Gasteiger partial charge on any atom is -0.388 e. The third-order valence-corrected chi connectivity index (χ3v) is 4.41. The van der Waals surface area contributed by atoms with Gasteiger partial charge in [0.15, 0.2) is 0 Å². The fourth-order valence-corrected chi connectivity index (χ4v) is 3.40. The summed E-state index contributed by atoms with van der Waals surface area (Å²) in [6.07, 6.45) is 5.59. The van der Waals surface area contributed by atoms with Gasteiger partial charge in [-0.05, 0) is 19.4 Å². The third-order valence-electron chi connectivity index (χ3n) is 4.41. The normalized spacial score (nSPS) is 40.2. The molecule has 0 aromatic rings. The Labute approximate surface area is 118 Å². The summed E-state index contributed by atoms with van der Waals surface area (Å²) in [6.45, 7) is 2.50. The Balaban J connectivity index is 1.95. The van der Waals surface area contributed by atoms with Crippen LogP contribution in [0.3, 0.4) is 0 Å². The molecule has 0 saturated carbocycles. The standard InChI is InChI=1S/C15H18N2O3/c1-9-15(19)14(17-6-2-3-13(17)18)11-7-10(8-16)4-5-12(11)20-9/h4-5,7,9,11-12,14-15,19H,2-3,6H2,1H3. The van der Waals surface area contributed by atoms with Crippen molar-refractivity contribution in [2.75, 3.05) is 6.54 Å². The van der Waals surface area contributed by atoms with E-state index in [1.165, 1.54) is 0 Å². The molecule has 0 spiro atoms. The van der Waals surface area contributed by atoms with Gasteiger partial charge < -0.3 is 14.7 Å². The van der Waals surface area contributed by atoms with Gasteiger partial charge in [0.1, 0.15) is 6.10 Å². The van der Waals surface area contributed by atoms with Crippen LogP contribution in [0.5, 0.6) is 0 Å². The molecule has 5 heteroatoms. The highest BCUT2D eigenvalue weighted by atomic mass is 16.5. The number of likely N-dealkylation sites (tertiary alicyclic amines) is 1. The topological polar surface area (TPSA) is 73.6 Å². The van der Waals surface area contributed by atoms with Gasteiger partial charge in [0, 0.05) is 24.5 Å². The van der Waals surface area contributed by atoms with Gasteiger partial charge in [-0.25, -0.2) is 0 Å². The number of hydrogen-bond acceptors (Lipinski definition) is 4. The summed E-state index contributed by atoms with van der Waals surface area (Å²) < 4.78 is 5.79. The van der Waals surface area contributed by atoms with Crippen molar-refractivity contribution in [3.05, 3.63) is 23.8 Å². The van der Waals surface area contributed by atoms with Crippen LogP contribution in [-0.4, -0.2) is 46.8 Å². The lowest BCUT2D eigenvalue weighted by Gasteiger charge is -2.47. The van der Waals surface area contributed by atoms with Crippen LogP contribution >= 0.6 is 0 Å². The number of aliphatic hydroxyl groups is 1. The van der Waals surface area contributed by atoms with Crippen LogP contribution in [0.4, 0.5) is 0 Å². The number of amides is 1. The molecule has 2 aliphatic heterocycles. The van der Waals surface area contributed by atoms with Crippen LogP contribution in [0.1, 0.15) is 19.8 Å². The summed E-state index contributed by atoms with van der Waals surface area (Å²) in [4.78, 5) is 13.8. The first kappa shape index (κ1) is 13.3. The van der Waals surface area contributed by atoms with Gasteiger partial charge in [0.25, 0.3) is 0 Å². The van der Waals surface area contributed by atoms with Gasteiger partial charge in [-0.15, -0.1) is 0 Å². The minimum absolute atomic E-state index is 0.0864. The van der Waals surface area contributed by atoms with Crippen LogP contribution in [0.2, 0.25) is 0 Å². The molecule has 0 aromatic heterocycles. The fourth-order valence-electron chi connectivity index (χ4n) is 3.40. The molecule has 1 aliphatic carbocycles. The molecule has 0 bridgehead atoms. The van der Waals surface area contributed by atoms with Gasteiger partial charge in [0.2, 0.25) is 5.91 Å². The lowest BCUT2D eigenvalue weighted by molar-refractivity contribution is -0.162. The molecule has 2 saturated heterocycles. The van der Waals surface area contributed by atoms with E-state index >= 15 is 0 Å². The van der Waals surface area contributed by atoms with Crippen molar-refractivity contribution < 1.29 is 14.6 Å². The molecule has 20 heavy (non-hydrogen) atoms. The summed E-state index contributed by atoms with van der Waals surface area (Å²) in [5.41, 5.74) is 0.563. The van der Waals surface area contributed by atoms with E-state index in [2.05, 4.69) is 6.07 Å². The summed E-state index contributed by atoms with van der Waals surface area (Å²) in [5.74, 6) is -0.0636. The highest BCUT2D eigenvalue weighted by Gasteiger charge is 2.47. The second kappa shape index (κ2) is 5.04. The van der Waals surface area contributed by atoms with Crippen LogP contribution in [0.25, 0.3) is 0 Å². The van der Waals surface area contributed by atoms with Crippen LogP contribution in [0.15, 0.2) is 23.8 Å². The Kier molecular flexibility index (Phi) is 3.36. The van der Waals surface area contributed by atoms with E-state index in [9.17, 15) is 9.90 Å². The SMILES string of the molecule is CC1OC2C=CC(C#N)=CC2C(N2CCCC2=O)C1O. The molecule has 5 atom stereocenters. The highest BCUT2D eigenvalue weighted by molar-refractivity contribution is 5.78. The number of fused-ring (bicyclic) bond motifs is 1. The Morgan fingerprint density at radius 1 is 1.55 bits per heavy atom. The molecule has 106 valence electrons. The molecular weight excluding hydrogens is 256 g/mol. The van der Waals surface area contributed by atoms with Crippen molar-refractivity contribution in [3.8, 4) is 6.07 Å². The van der Waals surface area contributed by atoms with E-state index < -0.39 is 6.10 Å². The Bertz CT molecular complexity index is 520. The first-order valence-corrected chi connectivity index (χ1v) is 7.05. The zero-order valence-electron chi connectivity index (χ0n) is 11.4. The Hall–Kier alpha value is -1.64. The molecule has 2 heterocycles. The maximum Gasteiger partial charge on any atom is 0.222 e. The summed E-state index contributed by atoms with van der Waals surface area (Å²) in [5, 5.41) is 19.5. The molecule has 3 rings (SSSR count). The number of carbonyl (C=O) groups is 1. The highest BCUT2D eigenvalue weighted by Crippen LogP contribution is 2.36. The average Bonchev–Trinajstić information content (AvgIpc) is 2.86. The van der Waals surface area contributed by atoms with Crippen molar-refractivity contribution in [1.82, 2.24) is 4.90 Å². The van der Waals surface area contributed by atoms with E-state index in [0.717, 1.165) is 6.42 Å². The molecular formula is C15H18N2O3. The van der Waals surface area contributed by atoms with E-state index in [1.54, 1.807) is 11.0 Å². The Morgan fingerprint density at radius 3 is 3.00 bits per heavy atom. The van der Waals surface area contributed by atoms with Crippen molar-refractivity contribution in [2.24, 2.45) is 5.92 Å². The number of nitrogens with zero attached hydrogens (tertiary/aromatic N) is 2. The summed E-state index contributed by atoms with van der Waals surface area (Å²) in [6, 6.07) is 1.82. The fraction of sp³-hybridized carbons (Fsp3) is 0.600. The van der Waals surface area contributed by atoms with Gasteiger partial charge in [0.05, 0.1) is 24.3 Å². The van der Waals surface area contributed by atoms with Gasteiger partial charge in [-0.1, -0.05) is 12.2 Å². The molecule has 5 nitrogen and oxygen atoms in total. The summed E-state index contributed by atoms with van der Waals surface area (Å²) in [7, 11) is 0. The first-order chi connectivity index (χ1) is 9.61. The van der Waals surface area contributed by atoms with Gasteiger partial charge in [-0.2, -0.15) is 5.26 Å². The lowest BCUT2D eigenvalue weighted by atomic mass is 9.80. The number of nitriles is 1. The van der Waals surface area contributed by atoms with E-state index in [1.807, 2.05) is 19.1 Å². The van der Waals surface area contributed by atoms with Crippen molar-refractivity contribution in [2.45, 2.75) is 44.1 Å². The number of carbonyl (C=O) groups excluding carboxylic acids is 1. The number of ether oxygens (including phenoxy) is 1. The molecule has 3 aliphatic rings. The minimum atomic E-state index is -0.721. The monoisotopic (exact) mass is 274 g/mol. The van der Waals surface area contributed by atoms with Gasteiger partial charge in [-0.3, -0.25) is 4.79 Å². The molecule has 1 N–H and O–H groups in total. The summed E-state index contributed by atoms with van der Waals surface area (Å²) >= 11 is 0. The molecule has 2 fully saturated rings. The Morgan fingerprint density at radius 2 is 2.35 bits per heavy atom. The molecule has 0 aromatic carbocycles. The largest absolute Gasteiger partial charge is 0.388 e. The quantitative estimate of drug-likeness (QED) is 0.766. The third kappa shape index (κ3) is 2.05. The lowest BCUT2D eigenvalue weighted by Crippen LogP contribution is -2.60. The van der Waals surface area contributed by atoms with Crippen LogP contribution < -0.4 is 0 Å². The maximum atomic E-state index is 12.0.